The Labute approximate surface area is 160 Å². The zero-order valence-corrected chi connectivity index (χ0v) is 14.9. The third kappa shape index (κ3) is 2.99. The fraction of sp³-hybridized carbons (Fsp3) is 0.0556. The average molecular weight is 407 g/mol. The Balaban J connectivity index is 1.83. The number of aryl methyl sites for hydroxylation is 1. The van der Waals surface area contributed by atoms with E-state index in [1.807, 2.05) is 0 Å². The van der Waals surface area contributed by atoms with E-state index in [0.29, 0.717) is 28.5 Å². The molecule has 0 radical (unpaired) electrons. The van der Waals surface area contributed by atoms with Crippen LogP contribution in [0.4, 0.5) is 13.2 Å². The van der Waals surface area contributed by atoms with Gasteiger partial charge in [0.15, 0.2) is 22.8 Å². The summed E-state index contributed by atoms with van der Waals surface area (Å²) in [6.45, 7) is 0. The van der Waals surface area contributed by atoms with E-state index in [1.165, 1.54) is 4.57 Å². The molecule has 1 N–H and O–H groups in total. The molecule has 2 aromatic heterocycles. The van der Waals surface area contributed by atoms with Gasteiger partial charge in [0, 0.05) is 17.6 Å². The molecule has 0 aliphatic carbocycles. The molecule has 0 fully saturated rings. The van der Waals surface area contributed by atoms with Crippen LogP contribution < -0.4 is 10.3 Å². The quantitative estimate of drug-likeness (QED) is 0.518. The zero-order chi connectivity index (χ0) is 20.0. The summed E-state index contributed by atoms with van der Waals surface area (Å²) in [6.07, 6.45) is 0. The Morgan fingerprint density at radius 3 is 2.43 bits per heavy atom. The molecule has 0 unspecified atom stereocenters. The summed E-state index contributed by atoms with van der Waals surface area (Å²) in [6, 6.07) is 7.57. The number of ether oxygens (including phenoxy) is 1. The van der Waals surface area contributed by atoms with Crippen molar-refractivity contribution in [1.29, 1.82) is 0 Å². The number of hydrogen-bond acceptors (Lipinski definition) is 4. The Morgan fingerprint density at radius 1 is 1.04 bits per heavy atom. The van der Waals surface area contributed by atoms with Crippen molar-refractivity contribution in [2.45, 2.75) is 0 Å². The Morgan fingerprint density at radius 2 is 1.71 bits per heavy atom. The van der Waals surface area contributed by atoms with Gasteiger partial charge in [0.05, 0.1) is 0 Å². The van der Waals surface area contributed by atoms with Gasteiger partial charge in [-0.1, -0.05) is 11.6 Å². The predicted molar refractivity (Wildman–Crippen MR) is 96.0 cm³/mol. The first-order chi connectivity index (χ1) is 13.3. The van der Waals surface area contributed by atoms with Crippen LogP contribution in [0.5, 0.6) is 11.8 Å². The maximum atomic E-state index is 13.8. The van der Waals surface area contributed by atoms with Gasteiger partial charge in [-0.15, -0.1) is 0 Å². The number of halogens is 4. The highest BCUT2D eigenvalue weighted by Gasteiger charge is 2.20. The molecule has 0 saturated carbocycles. The molecule has 0 atom stereocenters. The van der Waals surface area contributed by atoms with E-state index in [1.54, 1.807) is 31.3 Å². The normalized spacial score (nSPS) is 11.2. The van der Waals surface area contributed by atoms with Gasteiger partial charge in [-0.05, 0) is 36.4 Å². The number of nitrogens with one attached hydrogen (secondary N) is 1. The van der Waals surface area contributed by atoms with Gasteiger partial charge in [-0.2, -0.15) is 9.37 Å². The van der Waals surface area contributed by atoms with E-state index in [9.17, 15) is 18.0 Å². The zero-order valence-electron chi connectivity index (χ0n) is 14.1. The van der Waals surface area contributed by atoms with E-state index >= 15 is 0 Å². The van der Waals surface area contributed by atoms with Crippen molar-refractivity contribution in [3.05, 3.63) is 69.2 Å². The molecule has 0 spiro atoms. The summed E-state index contributed by atoms with van der Waals surface area (Å²) < 4.78 is 47.4. The van der Waals surface area contributed by atoms with E-state index in [2.05, 4.69) is 15.0 Å². The summed E-state index contributed by atoms with van der Waals surface area (Å²) in [5.74, 6) is -4.57. The maximum absolute atomic E-state index is 13.8. The van der Waals surface area contributed by atoms with Crippen molar-refractivity contribution >= 4 is 22.8 Å². The summed E-state index contributed by atoms with van der Waals surface area (Å²) in [7, 11) is 1.61. The Bertz CT molecular complexity index is 1270. The van der Waals surface area contributed by atoms with Crippen molar-refractivity contribution < 1.29 is 17.9 Å². The number of nitrogens with zero attached hydrogens (tertiary/aromatic N) is 3. The molecule has 0 aliphatic rings. The number of rotatable bonds is 3. The summed E-state index contributed by atoms with van der Waals surface area (Å²) in [5, 5.41) is 0.535. The van der Waals surface area contributed by atoms with Crippen LogP contribution >= 0.6 is 11.6 Å². The fourth-order valence-corrected chi connectivity index (χ4v) is 2.78. The highest BCUT2D eigenvalue weighted by Crippen LogP contribution is 2.28. The second-order valence-electron chi connectivity index (χ2n) is 5.82. The number of imidazole rings is 1. The number of H-pyrrole nitrogens is 1. The lowest BCUT2D eigenvalue weighted by atomic mass is 10.2. The van der Waals surface area contributed by atoms with Crippen molar-refractivity contribution in [2.75, 3.05) is 0 Å². The van der Waals surface area contributed by atoms with Crippen molar-refractivity contribution in [3.8, 4) is 23.1 Å². The fourth-order valence-electron chi connectivity index (χ4n) is 2.65. The van der Waals surface area contributed by atoms with Crippen LogP contribution in [0.2, 0.25) is 5.02 Å². The lowest BCUT2D eigenvalue weighted by molar-refractivity contribution is 0.367. The highest BCUT2D eigenvalue weighted by atomic mass is 35.5. The molecule has 28 heavy (non-hydrogen) atoms. The molecule has 0 bridgehead atoms. The lowest BCUT2D eigenvalue weighted by Gasteiger charge is -2.07. The largest absolute Gasteiger partial charge is 0.419 e. The molecule has 4 aromatic rings. The molecule has 0 saturated heterocycles. The molecular weight excluding hydrogens is 397 g/mol. The number of benzene rings is 2. The third-order valence-corrected chi connectivity index (χ3v) is 4.26. The number of hydrogen-bond donors (Lipinski definition) is 1. The topological polar surface area (TPSA) is 72.8 Å². The molecular formula is C18H10ClF3N4O2. The van der Waals surface area contributed by atoms with Gasteiger partial charge in [-0.25, -0.2) is 13.8 Å². The monoisotopic (exact) mass is 406 g/mol. The second-order valence-corrected chi connectivity index (χ2v) is 6.26. The first-order valence-electron chi connectivity index (χ1n) is 7.89. The Kier molecular flexibility index (Phi) is 4.31. The molecule has 0 amide bonds. The molecule has 2 aromatic carbocycles. The highest BCUT2D eigenvalue weighted by molar-refractivity contribution is 6.30. The third-order valence-electron chi connectivity index (χ3n) is 4.01. The molecule has 6 nitrogen and oxygen atoms in total. The maximum Gasteiger partial charge on any atom is 0.304 e. The van der Waals surface area contributed by atoms with Crippen LogP contribution in [0.15, 0.2) is 41.2 Å². The number of fused-ring (bicyclic) bond motifs is 1. The van der Waals surface area contributed by atoms with E-state index in [0.717, 1.165) is 0 Å². The summed E-state index contributed by atoms with van der Waals surface area (Å²) in [5.41, 5.74) is 0.0999. The summed E-state index contributed by atoms with van der Waals surface area (Å²) >= 11 is 5.88. The van der Waals surface area contributed by atoms with E-state index in [-0.39, 0.29) is 11.2 Å². The van der Waals surface area contributed by atoms with Crippen LogP contribution in [0, 0.1) is 17.5 Å². The first kappa shape index (κ1) is 18.1. The standard InChI is InChI=1S/C18H10ClF3N4O2/c1-26-15(8-2-4-9(19)5-3-8)23-13-16(26)24-18(25-17(13)27)28-14-11(21)7-6-10(20)12(14)22/h2-7H,1H3,(H,24,25,27). The minimum absolute atomic E-state index is 0.0000129. The van der Waals surface area contributed by atoms with Crippen LogP contribution in [-0.4, -0.2) is 19.5 Å². The smallest absolute Gasteiger partial charge is 0.304 e. The van der Waals surface area contributed by atoms with Gasteiger partial charge in [0.25, 0.3) is 5.56 Å². The van der Waals surface area contributed by atoms with Crippen LogP contribution in [-0.2, 0) is 7.05 Å². The number of aromatic amines is 1. The van der Waals surface area contributed by atoms with Crippen LogP contribution in [0.25, 0.3) is 22.6 Å². The van der Waals surface area contributed by atoms with Gasteiger partial charge in [-0.3, -0.25) is 9.78 Å². The molecule has 0 aliphatic heterocycles. The van der Waals surface area contributed by atoms with Crippen molar-refractivity contribution in [2.24, 2.45) is 7.05 Å². The van der Waals surface area contributed by atoms with E-state index in [4.69, 9.17) is 16.3 Å². The molecule has 10 heteroatoms. The molecule has 2 heterocycles. The van der Waals surface area contributed by atoms with Gasteiger partial charge in [0.2, 0.25) is 11.6 Å². The SMILES string of the molecule is Cn1c(-c2ccc(Cl)cc2)nc2c(=O)[nH]c(Oc3c(F)ccc(F)c3F)nc21. The minimum atomic E-state index is -1.53. The lowest BCUT2D eigenvalue weighted by Crippen LogP contribution is -2.11. The van der Waals surface area contributed by atoms with Crippen molar-refractivity contribution in [3.63, 3.8) is 0 Å². The van der Waals surface area contributed by atoms with Gasteiger partial charge in [0.1, 0.15) is 5.82 Å². The first-order valence-corrected chi connectivity index (χ1v) is 8.27. The second kappa shape index (κ2) is 6.68. The van der Waals surface area contributed by atoms with Gasteiger partial charge < -0.3 is 9.30 Å². The molecule has 4 rings (SSSR count). The number of aromatic nitrogens is 4. The Hall–Kier alpha value is -3.33. The average Bonchev–Trinajstić information content (AvgIpc) is 3.00. The van der Waals surface area contributed by atoms with E-state index < -0.39 is 34.8 Å². The van der Waals surface area contributed by atoms with Crippen LogP contribution in [0.3, 0.4) is 0 Å². The van der Waals surface area contributed by atoms with Crippen LogP contribution in [0.1, 0.15) is 0 Å². The van der Waals surface area contributed by atoms with Gasteiger partial charge >= 0.3 is 6.01 Å². The predicted octanol–water partition coefficient (Wildman–Crippen LogP) is 4.19. The molecule has 142 valence electrons. The minimum Gasteiger partial charge on any atom is -0.419 e. The van der Waals surface area contributed by atoms with Crippen molar-refractivity contribution in [1.82, 2.24) is 19.5 Å². The summed E-state index contributed by atoms with van der Waals surface area (Å²) in [4.78, 5) is 22.9.